The van der Waals surface area contributed by atoms with E-state index >= 15 is 0 Å². The minimum absolute atomic E-state index is 0.169. The highest BCUT2D eigenvalue weighted by atomic mass is 16.6. The number of hydrogen-bond acceptors (Lipinski definition) is 11. The van der Waals surface area contributed by atoms with Crippen molar-refractivity contribution in [2.75, 3.05) is 40.5 Å². The monoisotopic (exact) mass is 649 g/mol. The number of amides is 2. The van der Waals surface area contributed by atoms with Gasteiger partial charge in [0.2, 0.25) is 5.96 Å². The smallest absolute Gasteiger partial charge is 0.414 e. The summed E-state index contributed by atoms with van der Waals surface area (Å²) in [6, 6.07) is 0.244. The minimum atomic E-state index is -0.805. The summed E-state index contributed by atoms with van der Waals surface area (Å²) >= 11 is 0. The standard InChI is InChI=1S/C33H55N5O8/c1-13-24(23(4)38(26-15-16-26)18-25(19-39)28(40)44-14-2)21-43-20-22(3)17-27(37(11)12)34-29(35-30(41)45-32(5,6)7)36-31(42)46-33(8,9)10/h17-18,26,39H,3,13-16,19-21H2,1-2,4-12H3,(H2,34,35,36,41,42)/b24-23-,25-18+,27-17-. The Balaban J connectivity index is 3.17. The molecule has 0 aromatic rings. The van der Waals surface area contributed by atoms with Crippen LogP contribution in [0.4, 0.5) is 9.59 Å². The van der Waals surface area contributed by atoms with Crippen LogP contribution in [0.5, 0.6) is 0 Å². The first-order valence-corrected chi connectivity index (χ1v) is 15.5. The molecule has 0 saturated heterocycles. The van der Waals surface area contributed by atoms with Crippen molar-refractivity contribution in [3.63, 3.8) is 0 Å². The number of nitrogens with zero attached hydrogens (tertiary/aromatic N) is 3. The van der Waals surface area contributed by atoms with Crippen molar-refractivity contribution in [2.24, 2.45) is 4.99 Å². The van der Waals surface area contributed by atoms with Crippen LogP contribution in [0.2, 0.25) is 0 Å². The highest BCUT2D eigenvalue weighted by Gasteiger charge is 2.30. The summed E-state index contributed by atoms with van der Waals surface area (Å²) in [6.07, 6.45) is 4.41. The molecular formula is C33H55N5O8. The van der Waals surface area contributed by atoms with E-state index in [0.29, 0.717) is 24.4 Å². The van der Waals surface area contributed by atoms with Crippen LogP contribution in [0.15, 0.2) is 52.1 Å². The topological polar surface area (TPSA) is 151 Å². The summed E-state index contributed by atoms with van der Waals surface area (Å²) < 4.78 is 21.8. The first-order chi connectivity index (χ1) is 21.3. The van der Waals surface area contributed by atoms with Gasteiger partial charge in [-0.25, -0.2) is 14.4 Å². The Hall–Kier alpha value is -3.84. The maximum Gasteiger partial charge on any atom is 0.414 e. The number of hydrogen-bond donors (Lipinski definition) is 3. The molecule has 13 nitrogen and oxygen atoms in total. The molecular weight excluding hydrogens is 594 g/mol. The molecule has 2 amide bonds. The molecule has 46 heavy (non-hydrogen) atoms. The number of alkyl carbamates (subject to hydrolysis) is 2. The molecule has 0 bridgehead atoms. The van der Waals surface area contributed by atoms with E-state index in [-0.39, 0.29) is 30.8 Å². The van der Waals surface area contributed by atoms with Crippen LogP contribution in [-0.2, 0) is 23.7 Å². The van der Waals surface area contributed by atoms with Crippen molar-refractivity contribution in [2.45, 2.75) is 98.8 Å². The number of rotatable bonds is 14. The molecule has 0 atom stereocenters. The van der Waals surface area contributed by atoms with E-state index in [1.165, 1.54) is 0 Å². The van der Waals surface area contributed by atoms with E-state index in [0.717, 1.165) is 24.1 Å². The molecule has 0 aliphatic heterocycles. The van der Waals surface area contributed by atoms with Gasteiger partial charge in [0.25, 0.3) is 0 Å². The van der Waals surface area contributed by atoms with E-state index in [1.54, 1.807) is 79.7 Å². The third-order valence-electron chi connectivity index (χ3n) is 6.09. The fourth-order valence-corrected chi connectivity index (χ4v) is 3.82. The highest BCUT2D eigenvalue weighted by Crippen LogP contribution is 2.32. The van der Waals surface area contributed by atoms with Crippen molar-refractivity contribution in [1.82, 2.24) is 20.4 Å². The number of ether oxygens (including phenoxy) is 4. The van der Waals surface area contributed by atoms with Crippen LogP contribution < -0.4 is 10.6 Å². The molecule has 1 fully saturated rings. The van der Waals surface area contributed by atoms with Crippen LogP contribution in [0, 0.1) is 0 Å². The third-order valence-corrected chi connectivity index (χ3v) is 6.09. The molecule has 3 N–H and O–H groups in total. The summed E-state index contributed by atoms with van der Waals surface area (Å²) in [5.41, 5.74) is 1.21. The predicted molar refractivity (Wildman–Crippen MR) is 178 cm³/mol. The maximum atomic E-state index is 12.5. The summed E-state index contributed by atoms with van der Waals surface area (Å²) in [5.74, 6) is -0.369. The van der Waals surface area contributed by atoms with Gasteiger partial charge in [-0.1, -0.05) is 13.5 Å². The van der Waals surface area contributed by atoms with Crippen molar-refractivity contribution < 1.29 is 38.4 Å². The molecule has 0 aromatic carbocycles. The van der Waals surface area contributed by atoms with Crippen LogP contribution >= 0.6 is 0 Å². The van der Waals surface area contributed by atoms with E-state index < -0.39 is 36.0 Å². The molecule has 1 rings (SSSR count). The lowest BCUT2D eigenvalue weighted by Gasteiger charge is -2.25. The Morgan fingerprint density at radius 2 is 1.52 bits per heavy atom. The fraction of sp³-hybridized carbons (Fsp3) is 0.636. The number of aliphatic hydroxyl groups excluding tert-OH is 1. The van der Waals surface area contributed by atoms with Crippen LogP contribution in [0.25, 0.3) is 0 Å². The Kier molecular flexibility index (Phi) is 16.0. The summed E-state index contributed by atoms with van der Waals surface area (Å²) in [7, 11) is 3.50. The average molecular weight is 650 g/mol. The van der Waals surface area contributed by atoms with Gasteiger partial charge in [-0.05, 0) is 91.9 Å². The second kappa shape index (κ2) is 18.3. The summed E-state index contributed by atoms with van der Waals surface area (Å²) in [6.45, 7) is 20.4. The largest absolute Gasteiger partial charge is 0.463 e. The number of allylic oxidation sites excluding steroid dienone is 1. The molecule has 1 aliphatic carbocycles. The van der Waals surface area contributed by atoms with Gasteiger partial charge in [-0.3, -0.25) is 10.6 Å². The van der Waals surface area contributed by atoms with Gasteiger partial charge in [0.15, 0.2) is 0 Å². The zero-order chi connectivity index (χ0) is 35.2. The van der Waals surface area contributed by atoms with Crippen LogP contribution in [-0.4, -0.2) is 96.8 Å². The number of esters is 1. The molecule has 0 unspecified atom stereocenters. The first-order valence-electron chi connectivity index (χ1n) is 15.5. The SMILES string of the molecule is C=C(/C=C(/N=C(NC(=O)OC(C)(C)C)NC(=O)OC(C)(C)C)N(C)C)COC/C(CC)=C(/C)N(/C=C(\CO)C(=O)OCC)C1CC1. The van der Waals surface area contributed by atoms with Crippen LogP contribution in [0.1, 0.15) is 81.6 Å². The van der Waals surface area contributed by atoms with Crippen molar-refractivity contribution in [1.29, 1.82) is 0 Å². The van der Waals surface area contributed by atoms with E-state index in [4.69, 9.17) is 18.9 Å². The van der Waals surface area contributed by atoms with Gasteiger partial charge >= 0.3 is 18.2 Å². The number of aliphatic hydroxyl groups is 1. The maximum absolute atomic E-state index is 12.5. The number of carbonyl (C=O) groups is 3. The minimum Gasteiger partial charge on any atom is -0.463 e. The van der Waals surface area contributed by atoms with E-state index in [2.05, 4.69) is 22.2 Å². The zero-order valence-corrected chi connectivity index (χ0v) is 29.5. The Labute approximate surface area is 274 Å². The van der Waals surface area contributed by atoms with Crippen molar-refractivity contribution >= 4 is 24.1 Å². The fourth-order valence-electron chi connectivity index (χ4n) is 3.82. The summed E-state index contributed by atoms with van der Waals surface area (Å²) in [4.78, 5) is 45.4. The highest BCUT2D eigenvalue weighted by molar-refractivity contribution is 6.01. The third kappa shape index (κ3) is 15.9. The number of aliphatic imine (C=N–C) groups is 1. The normalized spacial score (nSPS) is 14.4. The van der Waals surface area contributed by atoms with Gasteiger partial charge in [0, 0.05) is 32.0 Å². The van der Waals surface area contributed by atoms with Gasteiger partial charge < -0.3 is 33.9 Å². The molecule has 13 heteroatoms. The quantitative estimate of drug-likeness (QED) is 0.0589. The zero-order valence-electron chi connectivity index (χ0n) is 29.5. The number of nitrogens with one attached hydrogen (secondary N) is 2. The lowest BCUT2D eigenvalue weighted by molar-refractivity contribution is -0.139. The van der Waals surface area contributed by atoms with E-state index in [9.17, 15) is 19.5 Å². The van der Waals surface area contributed by atoms with E-state index in [1.807, 2.05) is 18.7 Å². The van der Waals surface area contributed by atoms with Gasteiger partial charge in [-0.2, -0.15) is 4.99 Å². The lowest BCUT2D eigenvalue weighted by atomic mass is 10.1. The number of guanidine groups is 1. The molecule has 0 aromatic heterocycles. The number of carbonyl (C=O) groups excluding carboxylic acids is 3. The van der Waals surface area contributed by atoms with Crippen LogP contribution in [0.3, 0.4) is 0 Å². The van der Waals surface area contributed by atoms with Gasteiger partial charge in [0.1, 0.15) is 17.0 Å². The molecule has 0 radical (unpaired) electrons. The average Bonchev–Trinajstić information content (AvgIpc) is 3.74. The molecule has 0 heterocycles. The second-order valence-electron chi connectivity index (χ2n) is 13.0. The van der Waals surface area contributed by atoms with Gasteiger partial charge in [0.05, 0.1) is 32.0 Å². The second-order valence-corrected chi connectivity index (χ2v) is 13.0. The lowest BCUT2D eigenvalue weighted by Crippen LogP contribution is -2.47. The molecule has 0 spiro atoms. The Morgan fingerprint density at radius 1 is 0.978 bits per heavy atom. The Bertz CT molecular complexity index is 1170. The van der Waals surface area contributed by atoms with Crippen molar-refractivity contribution in [3.05, 3.63) is 47.1 Å². The first kappa shape index (κ1) is 40.2. The van der Waals surface area contributed by atoms with Crippen molar-refractivity contribution in [3.8, 4) is 0 Å². The molecule has 1 saturated carbocycles. The predicted octanol–water partition coefficient (Wildman–Crippen LogP) is 4.96. The molecule has 260 valence electrons. The van der Waals surface area contributed by atoms with Gasteiger partial charge in [-0.15, -0.1) is 0 Å². The Morgan fingerprint density at radius 3 is 1.93 bits per heavy atom. The molecule has 1 aliphatic rings. The summed E-state index contributed by atoms with van der Waals surface area (Å²) in [5, 5.41) is 14.7.